The van der Waals surface area contributed by atoms with Crippen molar-refractivity contribution in [2.75, 3.05) is 19.6 Å². The van der Waals surface area contributed by atoms with Gasteiger partial charge in [-0.15, -0.1) is 0 Å². The monoisotopic (exact) mass is 245 g/mol. The number of hydrogen-bond acceptors (Lipinski definition) is 2. The molecule has 2 heterocycles. The number of H-pyrrole nitrogens is 1. The molecule has 0 unspecified atom stereocenters. The van der Waals surface area contributed by atoms with Gasteiger partial charge in [-0.2, -0.15) is 0 Å². The van der Waals surface area contributed by atoms with Gasteiger partial charge >= 0.3 is 5.69 Å². The molecule has 4 nitrogen and oxygen atoms in total. The fourth-order valence-electron chi connectivity index (χ4n) is 2.79. The smallest absolute Gasteiger partial charge is 0.306 e. The molecule has 1 N–H and O–H groups in total. The third-order valence-corrected chi connectivity index (χ3v) is 3.74. The van der Waals surface area contributed by atoms with Crippen LogP contribution in [0.3, 0.4) is 0 Å². The first-order valence-corrected chi connectivity index (χ1v) is 6.74. The minimum atomic E-state index is 0.0117. The molecule has 0 radical (unpaired) electrons. The Kier molecular flexibility index (Phi) is 3.19. The number of nitrogens with one attached hydrogen (secondary N) is 1. The lowest BCUT2D eigenvalue weighted by molar-refractivity contribution is 0.325. The van der Waals surface area contributed by atoms with Gasteiger partial charge in [0, 0.05) is 6.54 Å². The zero-order valence-electron chi connectivity index (χ0n) is 10.6. The van der Waals surface area contributed by atoms with E-state index < -0.39 is 0 Å². The van der Waals surface area contributed by atoms with E-state index in [4.69, 9.17) is 0 Å². The van der Waals surface area contributed by atoms with Gasteiger partial charge in [0.15, 0.2) is 0 Å². The molecule has 18 heavy (non-hydrogen) atoms. The summed E-state index contributed by atoms with van der Waals surface area (Å²) in [5.41, 5.74) is 1.96. The van der Waals surface area contributed by atoms with Gasteiger partial charge in [0.2, 0.25) is 0 Å². The van der Waals surface area contributed by atoms with Crippen LogP contribution in [-0.4, -0.2) is 34.1 Å². The van der Waals surface area contributed by atoms with E-state index in [1.165, 1.54) is 25.9 Å². The van der Waals surface area contributed by atoms with Gasteiger partial charge in [-0.05, 0) is 51.0 Å². The average molecular weight is 245 g/mol. The lowest BCUT2D eigenvalue weighted by atomic mass is 10.3. The van der Waals surface area contributed by atoms with E-state index in [2.05, 4.69) is 9.88 Å². The second kappa shape index (κ2) is 4.98. The van der Waals surface area contributed by atoms with Crippen molar-refractivity contribution in [1.29, 1.82) is 0 Å². The second-order valence-corrected chi connectivity index (χ2v) is 5.00. The number of aromatic nitrogens is 2. The van der Waals surface area contributed by atoms with Gasteiger partial charge in [-0.3, -0.25) is 4.57 Å². The second-order valence-electron chi connectivity index (χ2n) is 5.00. The Morgan fingerprint density at radius 2 is 1.89 bits per heavy atom. The molecule has 1 aromatic carbocycles. The molecule has 2 aromatic rings. The van der Waals surface area contributed by atoms with Crippen LogP contribution < -0.4 is 5.69 Å². The summed E-state index contributed by atoms with van der Waals surface area (Å²) in [6.45, 7) is 4.36. The fraction of sp³-hybridized carbons (Fsp3) is 0.500. The minimum Gasteiger partial charge on any atom is -0.306 e. The van der Waals surface area contributed by atoms with Crippen LogP contribution >= 0.6 is 0 Å². The summed E-state index contributed by atoms with van der Waals surface area (Å²) in [6, 6.07) is 7.89. The molecule has 96 valence electrons. The van der Waals surface area contributed by atoms with Gasteiger partial charge in [0.05, 0.1) is 11.0 Å². The van der Waals surface area contributed by atoms with Crippen molar-refractivity contribution in [3.63, 3.8) is 0 Å². The fourth-order valence-corrected chi connectivity index (χ4v) is 2.79. The molecule has 1 fully saturated rings. The van der Waals surface area contributed by atoms with Crippen LogP contribution in [0, 0.1) is 0 Å². The van der Waals surface area contributed by atoms with Gasteiger partial charge in [0.1, 0.15) is 0 Å². The molecule has 3 rings (SSSR count). The third-order valence-electron chi connectivity index (χ3n) is 3.74. The Morgan fingerprint density at radius 3 is 2.72 bits per heavy atom. The number of aromatic amines is 1. The molecule has 0 aliphatic carbocycles. The Morgan fingerprint density at radius 1 is 1.11 bits per heavy atom. The summed E-state index contributed by atoms with van der Waals surface area (Å²) in [5, 5.41) is 0. The van der Waals surface area contributed by atoms with Gasteiger partial charge in [0.25, 0.3) is 0 Å². The Balaban J connectivity index is 1.70. The van der Waals surface area contributed by atoms with Gasteiger partial charge in [-0.1, -0.05) is 12.1 Å². The van der Waals surface area contributed by atoms with Crippen LogP contribution in [0.15, 0.2) is 29.1 Å². The van der Waals surface area contributed by atoms with E-state index in [1.807, 2.05) is 28.8 Å². The van der Waals surface area contributed by atoms with E-state index in [-0.39, 0.29) is 5.69 Å². The molecule has 0 saturated carbocycles. The van der Waals surface area contributed by atoms with Crippen LogP contribution in [0.1, 0.15) is 19.3 Å². The molecule has 1 aliphatic heterocycles. The molecule has 0 bridgehead atoms. The number of hydrogen-bond donors (Lipinski definition) is 1. The van der Waals surface area contributed by atoms with Crippen LogP contribution in [0.25, 0.3) is 11.0 Å². The van der Waals surface area contributed by atoms with Crippen molar-refractivity contribution >= 4 is 11.0 Å². The molecular formula is C14H19N3O. The first-order chi connectivity index (χ1) is 8.84. The molecule has 1 saturated heterocycles. The van der Waals surface area contributed by atoms with E-state index in [0.29, 0.717) is 0 Å². The number of benzene rings is 1. The van der Waals surface area contributed by atoms with Crippen molar-refractivity contribution in [2.45, 2.75) is 25.8 Å². The maximum Gasteiger partial charge on any atom is 0.326 e. The van der Waals surface area contributed by atoms with E-state index in [1.54, 1.807) is 0 Å². The predicted octanol–water partition coefficient (Wildman–Crippen LogP) is 1.82. The topological polar surface area (TPSA) is 41.0 Å². The molecule has 4 heteroatoms. The molecule has 1 aromatic heterocycles. The van der Waals surface area contributed by atoms with E-state index in [0.717, 1.165) is 30.5 Å². The molecule has 0 spiro atoms. The summed E-state index contributed by atoms with van der Waals surface area (Å²) in [5.74, 6) is 0. The molecule has 0 amide bonds. The summed E-state index contributed by atoms with van der Waals surface area (Å²) in [7, 11) is 0. The largest absolute Gasteiger partial charge is 0.326 e. The lowest BCUT2D eigenvalue weighted by Crippen LogP contribution is -2.24. The first kappa shape index (κ1) is 11.5. The van der Waals surface area contributed by atoms with E-state index >= 15 is 0 Å². The van der Waals surface area contributed by atoms with Crippen molar-refractivity contribution < 1.29 is 0 Å². The highest BCUT2D eigenvalue weighted by Gasteiger charge is 2.11. The average Bonchev–Trinajstić information content (AvgIpc) is 2.98. The Hall–Kier alpha value is -1.55. The van der Waals surface area contributed by atoms with Crippen LogP contribution in [0.2, 0.25) is 0 Å². The first-order valence-electron chi connectivity index (χ1n) is 6.74. The summed E-state index contributed by atoms with van der Waals surface area (Å²) in [6.07, 6.45) is 3.70. The highest BCUT2D eigenvalue weighted by Crippen LogP contribution is 2.11. The standard InChI is InChI=1S/C14H19N3O/c18-14-15-12-6-1-2-7-13(12)17(14)11-5-10-16-8-3-4-9-16/h1-2,6-7H,3-5,8-11H2,(H,15,18). The normalized spacial score (nSPS) is 16.7. The Labute approximate surface area is 106 Å². The van der Waals surface area contributed by atoms with Crippen molar-refractivity contribution in [3.8, 4) is 0 Å². The van der Waals surface area contributed by atoms with Crippen LogP contribution in [0.4, 0.5) is 0 Å². The van der Waals surface area contributed by atoms with Gasteiger partial charge < -0.3 is 9.88 Å². The summed E-state index contributed by atoms with van der Waals surface area (Å²) < 4.78 is 1.85. The van der Waals surface area contributed by atoms with E-state index in [9.17, 15) is 4.79 Å². The summed E-state index contributed by atoms with van der Waals surface area (Å²) in [4.78, 5) is 17.2. The highest BCUT2D eigenvalue weighted by atomic mass is 16.1. The summed E-state index contributed by atoms with van der Waals surface area (Å²) >= 11 is 0. The number of rotatable bonds is 4. The molecule has 0 atom stereocenters. The number of para-hydroxylation sites is 2. The SMILES string of the molecule is O=c1[nH]c2ccccc2n1CCCN1CCCC1. The minimum absolute atomic E-state index is 0.0117. The number of imidazole rings is 1. The zero-order valence-corrected chi connectivity index (χ0v) is 10.6. The van der Waals surface area contributed by atoms with Crippen molar-refractivity contribution in [2.24, 2.45) is 0 Å². The number of likely N-dealkylation sites (tertiary alicyclic amines) is 1. The lowest BCUT2D eigenvalue weighted by Gasteiger charge is -2.14. The predicted molar refractivity (Wildman–Crippen MR) is 72.8 cm³/mol. The van der Waals surface area contributed by atoms with Crippen molar-refractivity contribution in [3.05, 3.63) is 34.7 Å². The van der Waals surface area contributed by atoms with Crippen molar-refractivity contribution in [1.82, 2.24) is 14.5 Å². The quantitative estimate of drug-likeness (QED) is 0.892. The maximum atomic E-state index is 11.9. The van der Waals surface area contributed by atoms with Crippen LogP contribution in [-0.2, 0) is 6.54 Å². The number of aryl methyl sites for hydroxylation is 1. The maximum absolute atomic E-state index is 11.9. The molecule has 1 aliphatic rings. The van der Waals surface area contributed by atoms with Crippen LogP contribution in [0.5, 0.6) is 0 Å². The number of nitrogens with zero attached hydrogens (tertiary/aromatic N) is 2. The zero-order chi connectivity index (χ0) is 12.4. The van der Waals surface area contributed by atoms with Gasteiger partial charge in [-0.25, -0.2) is 4.79 Å². The number of fused-ring (bicyclic) bond motifs is 1. The Bertz CT molecular complexity index is 578. The molecular weight excluding hydrogens is 226 g/mol. The highest BCUT2D eigenvalue weighted by molar-refractivity contribution is 5.74. The third kappa shape index (κ3) is 2.20.